The summed E-state index contributed by atoms with van der Waals surface area (Å²) in [5, 5.41) is 0. The lowest BCUT2D eigenvalue weighted by molar-refractivity contribution is 0.0953. The van der Waals surface area contributed by atoms with Crippen molar-refractivity contribution < 1.29 is 13.9 Å². The molecule has 1 aromatic heterocycles. The molecule has 0 saturated heterocycles. The quantitative estimate of drug-likeness (QED) is 0.281. The maximum atomic E-state index is 11.4. The third kappa shape index (κ3) is 3.79. The number of carbonyl (C=O) groups is 1. The van der Waals surface area contributed by atoms with Crippen LogP contribution in [0.3, 0.4) is 0 Å². The molecule has 1 aromatic carbocycles. The summed E-state index contributed by atoms with van der Waals surface area (Å²) in [7, 11) is 0. The van der Waals surface area contributed by atoms with Crippen molar-refractivity contribution in [2.45, 2.75) is 11.8 Å². The molecule has 0 aliphatic heterocycles. The number of nitrogens with two attached hydrogens (primary N) is 1. The molecule has 2 aromatic rings. The van der Waals surface area contributed by atoms with E-state index in [1.807, 2.05) is 13.0 Å². The molecule has 0 saturated carbocycles. The first-order valence-electron chi connectivity index (χ1n) is 6.11. The van der Waals surface area contributed by atoms with Crippen LogP contribution in [0.5, 0.6) is 5.75 Å². The first-order chi connectivity index (χ1) is 9.70. The van der Waals surface area contributed by atoms with Crippen molar-refractivity contribution in [2.75, 3.05) is 12.4 Å². The SMILES string of the molecule is Cc1occc1SCCOc1cccc(C(=O)NN)c1. The maximum absolute atomic E-state index is 11.4. The summed E-state index contributed by atoms with van der Waals surface area (Å²) in [5.41, 5.74) is 2.57. The number of hydrazine groups is 1. The van der Waals surface area contributed by atoms with Gasteiger partial charge in [0.05, 0.1) is 12.9 Å². The van der Waals surface area contributed by atoms with E-state index in [1.165, 1.54) is 0 Å². The van der Waals surface area contributed by atoms with Crippen molar-refractivity contribution in [1.82, 2.24) is 5.43 Å². The van der Waals surface area contributed by atoms with Gasteiger partial charge in [-0.15, -0.1) is 11.8 Å². The molecule has 0 aliphatic rings. The molecule has 0 radical (unpaired) electrons. The largest absolute Gasteiger partial charge is 0.493 e. The lowest BCUT2D eigenvalue weighted by Gasteiger charge is -2.07. The molecule has 0 spiro atoms. The molecular weight excluding hydrogens is 276 g/mol. The van der Waals surface area contributed by atoms with E-state index < -0.39 is 0 Å². The van der Waals surface area contributed by atoms with Gasteiger partial charge < -0.3 is 9.15 Å². The van der Waals surface area contributed by atoms with Gasteiger partial charge in [0.15, 0.2) is 0 Å². The fraction of sp³-hybridized carbons (Fsp3) is 0.214. The number of benzene rings is 1. The Balaban J connectivity index is 1.82. The van der Waals surface area contributed by atoms with Crippen LogP contribution in [0.1, 0.15) is 16.1 Å². The number of nitrogens with one attached hydrogen (secondary N) is 1. The van der Waals surface area contributed by atoms with Crippen LogP contribution in [0.2, 0.25) is 0 Å². The summed E-state index contributed by atoms with van der Waals surface area (Å²) in [5.74, 6) is 7.12. The Morgan fingerprint density at radius 1 is 1.45 bits per heavy atom. The molecule has 2 rings (SSSR count). The molecule has 0 aliphatic carbocycles. The van der Waals surface area contributed by atoms with Gasteiger partial charge >= 0.3 is 0 Å². The topological polar surface area (TPSA) is 77.5 Å². The first kappa shape index (κ1) is 14.5. The van der Waals surface area contributed by atoms with Crippen molar-refractivity contribution in [3.05, 3.63) is 47.9 Å². The van der Waals surface area contributed by atoms with Gasteiger partial charge in [0.1, 0.15) is 11.5 Å². The molecule has 1 amide bonds. The summed E-state index contributed by atoms with van der Waals surface area (Å²) < 4.78 is 10.8. The summed E-state index contributed by atoms with van der Waals surface area (Å²) >= 11 is 1.67. The molecule has 3 N–H and O–H groups in total. The highest BCUT2D eigenvalue weighted by atomic mass is 32.2. The molecule has 6 heteroatoms. The summed E-state index contributed by atoms with van der Waals surface area (Å²) in [6.45, 7) is 2.47. The Bertz CT molecular complexity index is 583. The predicted molar refractivity (Wildman–Crippen MR) is 77.8 cm³/mol. The van der Waals surface area contributed by atoms with Crippen LogP contribution in [0.4, 0.5) is 0 Å². The summed E-state index contributed by atoms with van der Waals surface area (Å²) in [6, 6.07) is 8.84. The zero-order chi connectivity index (χ0) is 14.4. The standard InChI is InChI=1S/C14H16N2O3S/c1-10-13(5-6-18-10)20-8-7-19-12-4-2-3-11(9-12)14(17)16-15/h2-6,9H,7-8,15H2,1H3,(H,16,17). The van der Waals surface area contributed by atoms with Crippen molar-refractivity contribution >= 4 is 17.7 Å². The highest BCUT2D eigenvalue weighted by Gasteiger charge is 2.05. The van der Waals surface area contributed by atoms with Crippen molar-refractivity contribution in [1.29, 1.82) is 0 Å². The minimum Gasteiger partial charge on any atom is -0.493 e. The second-order valence-corrected chi connectivity index (χ2v) is 5.18. The third-order valence-electron chi connectivity index (χ3n) is 2.65. The maximum Gasteiger partial charge on any atom is 0.265 e. The number of ether oxygens (including phenoxy) is 1. The minimum absolute atomic E-state index is 0.334. The van der Waals surface area contributed by atoms with Gasteiger partial charge in [0, 0.05) is 16.2 Å². The first-order valence-corrected chi connectivity index (χ1v) is 7.10. The number of nitrogen functional groups attached to an aromatic ring is 1. The zero-order valence-electron chi connectivity index (χ0n) is 11.1. The van der Waals surface area contributed by atoms with E-state index in [9.17, 15) is 4.79 Å². The van der Waals surface area contributed by atoms with Crippen LogP contribution in [0.25, 0.3) is 0 Å². The lowest BCUT2D eigenvalue weighted by Crippen LogP contribution is -2.29. The van der Waals surface area contributed by atoms with Gasteiger partial charge in [0.2, 0.25) is 0 Å². The number of hydrogen-bond donors (Lipinski definition) is 2. The zero-order valence-corrected chi connectivity index (χ0v) is 11.9. The number of thioether (sulfide) groups is 1. The van der Waals surface area contributed by atoms with Gasteiger partial charge in [0.25, 0.3) is 5.91 Å². The highest BCUT2D eigenvalue weighted by Crippen LogP contribution is 2.23. The fourth-order valence-corrected chi connectivity index (χ4v) is 2.43. The Morgan fingerprint density at radius 3 is 3.00 bits per heavy atom. The van der Waals surface area contributed by atoms with Crippen LogP contribution < -0.4 is 16.0 Å². The number of furan rings is 1. The van der Waals surface area contributed by atoms with Gasteiger partial charge in [-0.05, 0) is 31.2 Å². The molecule has 106 valence electrons. The molecular formula is C14H16N2O3S. The Morgan fingerprint density at radius 2 is 2.30 bits per heavy atom. The van der Waals surface area contributed by atoms with E-state index in [4.69, 9.17) is 15.0 Å². The molecule has 0 atom stereocenters. The average Bonchev–Trinajstić information content (AvgIpc) is 2.88. The predicted octanol–water partition coefficient (Wildman–Crippen LogP) is 2.36. The van der Waals surface area contributed by atoms with E-state index in [2.05, 4.69) is 5.43 Å². The van der Waals surface area contributed by atoms with Crippen molar-refractivity contribution in [3.8, 4) is 5.75 Å². The van der Waals surface area contributed by atoms with Gasteiger partial charge in [-0.2, -0.15) is 0 Å². The van der Waals surface area contributed by atoms with E-state index in [0.29, 0.717) is 17.9 Å². The monoisotopic (exact) mass is 292 g/mol. The normalized spacial score (nSPS) is 10.3. The number of rotatable bonds is 6. The lowest BCUT2D eigenvalue weighted by atomic mass is 10.2. The van der Waals surface area contributed by atoms with Gasteiger partial charge in [-0.3, -0.25) is 10.2 Å². The molecule has 0 bridgehead atoms. The molecule has 0 unspecified atom stereocenters. The second-order valence-electron chi connectivity index (χ2n) is 4.04. The van der Waals surface area contributed by atoms with E-state index in [0.717, 1.165) is 16.4 Å². The highest BCUT2D eigenvalue weighted by molar-refractivity contribution is 7.99. The number of hydrogen-bond acceptors (Lipinski definition) is 5. The number of amides is 1. The van der Waals surface area contributed by atoms with Crippen LogP contribution in [-0.4, -0.2) is 18.3 Å². The fourth-order valence-electron chi connectivity index (χ4n) is 1.64. The Kier molecular flexibility index (Phi) is 5.09. The van der Waals surface area contributed by atoms with Gasteiger partial charge in [-0.1, -0.05) is 6.07 Å². The van der Waals surface area contributed by atoms with E-state index in [1.54, 1.807) is 42.3 Å². The van der Waals surface area contributed by atoms with E-state index >= 15 is 0 Å². The Labute approximate surface area is 121 Å². The van der Waals surface area contributed by atoms with Crippen LogP contribution in [0, 0.1) is 6.92 Å². The number of aryl methyl sites for hydroxylation is 1. The molecule has 1 heterocycles. The van der Waals surface area contributed by atoms with Gasteiger partial charge in [-0.25, -0.2) is 5.84 Å². The number of carbonyl (C=O) groups excluding carboxylic acids is 1. The summed E-state index contributed by atoms with van der Waals surface area (Å²) in [6.07, 6.45) is 1.67. The van der Waals surface area contributed by atoms with E-state index in [-0.39, 0.29) is 5.91 Å². The smallest absolute Gasteiger partial charge is 0.265 e. The van der Waals surface area contributed by atoms with Crippen molar-refractivity contribution in [2.24, 2.45) is 5.84 Å². The molecule has 20 heavy (non-hydrogen) atoms. The van der Waals surface area contributed by atoms with Crippen LogP contribution >= 0.6 is 11.8 Å². The summed E-state index contributed by atoms with van der Waals surface area (Å²) in [4.78, 5) is 12.5. The molecule has 5 nitrogen and oxygen atoms in total. The van der Waals surface area contributed by atoms with Crippen LogP contribution in [0.15, 0.2) is 45.9 Å². The van der Waals surface area contributed by atoms with Crippen molar-refractivity contribution in [3.63, 3.8) is 0 Å². The second kappa shape index (κ2) is 7.02. The van der Waals surface area contributed by atoms with Crippen LogP contribution in [-0.2, 0) is 0 Å². The minimum atomic E-state index is -0.334. The third-order valence-corrected chi connectivity index (χ3v) is 3.75. The average molecular weight is 292 g/mol. The molecule has 0 fully saturated rings. The Hall–Kier alpha value is -1.92.